The second-order valence-electron chi connectivity index (χ2n) is 5.78. The Morgan fingerprint density at radius 3 is 2.29 bits per heavy atom. The summed E-state index contributed by atoms with van der Waals surface area (Å²) in [6, 6.07) is 11.1. The van der Waals surface area contributed by atoms with Crippen LogP contribution in [0.25, 0.3) is 0 Å². The van der Waals surface area contributed by atoms with Crippen molar-refractivity contribution in [1.29, 1.82) is 0 Å². The fraction of sp³-hybridized carbons (Fsp3) is 0.353. The molecule has 2 aromatic rings. The molecule has 1 aliphatic heterocycles. The lowest BCUT2D eigenvalue weighted by Gasteiger charge is -2.35. The maximum Gasteiger partial charge on any atom is 0.417 e. The van der Waals surface area contributed by atoms with Gasteiger partial charge in [0.05, 0.1) is 10.6 Å². The van der Waals surface area contributed by atoms with Crippen LogP contribution in [0.2, 0.25) is 5.02 Å². The topological polar surface area (TPSA) is 19.4 Å². The number of nitrogens with zero attached hydrogens (tertiary/aromatic N) is 3. The zero-order valence-electron chi connectivity index (χ0n) is 12.9. The number of pyridine rings is 1. The summed E-state index contributed by atoms with van der Waals surface area (Å²) >= 11 is 6.02. The van der Waals surface area contributed by atoms with E-state index < -0.39 is 11.7 Å². The number of piperazine rings is 1. The predicted octanol–water partition coefficient (Wildman–Crippen LogP) is 4.08. The molecular weight excluding hydrogens is 339 g/mol. The summed E-state index contributed by atoms with van der Waals surface area (Å²) < 4.78 is 38.0. The SMILES string of the molecule is FC(F)(F)c1cnc(N2CCN(Cc3ccccc3)CC2)c(Cl)c1. The van der Waals surface area contributed by atoms with Crippen molar-refractivity contribution in [3.8, 4) is 0 Å². The van der Waals surface area contributed by atoms with Crippen LogP contribution in [-0.2, 0) is 12.7 Å². The molecule has 0 amide bonds. The Morgan fingerprint density at radius 1 is 1.04 bits per heavy atom. The molecule has 0 aliphatic carbocycles. The van der Waals surface area contributed by atoms with E-state index in [0.717, 1.165) is 31.9 Å². The van der Waals surface area contributed by atoms with Gasteiger partial charge in [-0.25, -0.2) is 4.98 Å². The molecule has 1 saturated heterocycles. The van der Waals surface area contributed by atoms with Gasteiger partial charge in [0.1, 0.15) is 5.82 Å². The van der Waals surface area contributed by atoms with E-state index in [0.29, 0.717) is 18.9 Å². The average molecular weight is 356 g/mol. The minimum atomic E-state index is -4.43. The molecule has 0 N–H and O–H groups in total. The zero-order chi connectivity index (χ0) is 17.2. The van der Waals surface area contributed by atoms with Crippen LogP contribution in [0.15, 0.2) is 42.6 Å². The first-order valence-corrected chi connectivity index (χ1v) is 8.05. The van der Waals surface area contributed by atoms with Crippen LogP contribution < -0.4 is 4.90 Å². The van der Waals surface area contributed by atoms with Crippen LogP contribution in [-0.4, -0.2) is 36.1 Å². The van der Waals surface area contributed by atoms with E-state index in [1.165, 1.54) is 5.56 Å². The van der Waals surface area contributed by atoms with Crippen LogP contribution in [0.3, 0.4) is 0 Å². The number of halogens is 4. The quantitative estimate of drug-likeness (QED) is 0.827. The van der Waals surface area contributed by atoms with E-state index in [9.17, 15) is 13.2 Å². The number of hydrogen-bond acceptors (Lipinski definition) is 3. The molecule has 0 bridgehead atoms. The highest BCUT2D eigenvalue weighted by Crippen LogP contribution is 2.33. The van der Waals surface area contributed by atoms with Gasteiger partial charge in [-0.15, -0.1) is 0 Å². The predicted molar refractivity (Wildman–Crippen MR) is 88.2 cm³/mol. The molecule has 3 rings (SSSR count). The third kappa shape index (κ3) is 3.99. The summed E-state index contributed by atoms with van der Waals surface area (Å²) in [5, 5.41) is 0.0429. The van der Waals surface area contributed by atoms with Gasteiger partial charge in [0.25, 0.3) is 0 Å². The smallest absolute Gasteiger partial charge is 0.353 e. The van der Waals surface area contributed by atoms with Crippen molar-refractivity contribution in [2.75, 3.05) is 31.1 Å². The van der Waals surface area contributed by atoms with E-state index >= 15 is 0 Å². The normalized spacial score (nSPS) is 16.4. The molecule has 1 aromatic heterocycles. The summed E-state index contributed by atoms with van der Waals surface area (Å²) in [7, 11) is 0. The van der Waals surface area contributed by atoms with Crippen LogP contribution >= 0.6 is 11.6 Å². The Bertz CT molecular complexity index is 683. The lowest BCUT2D eigenvalue weighted by Crippen LogP contribution is -2.46. The standard InChI is InChI=1S/C17H17ClF3N3/c18-15-10-14(17(19,20)21)11-22-16(15)24-8-6-23(7-9-24)12-13-4-2-1-3-5-13/h1-5,10-11H,6-9,12H2. The van der Waals surface area contributed by atoms with E-state index in [-0.39, 0.29) is 5.02 Å². The summed E-state index contributed by atoms with van der Waals surface area (Å²) in [6.45, 7) is 3.86. The molecular formula is C17H17ClF3N3. The molecule has 1 fully saturated rings. The third-order valence-electron chi connectivity index (χ3n) is 4.07. The van der Waals surface area contributed by atoms with Gasteiger partial charge in [0.2, 0.25) is 0 Å². The van der Waals surface area contributed by atoms with E-state index in [4.69, 9.17) is 11.6 Å². The maximum atomic E-state index is 12.7. The summed E-state index contributed by atoms with van der Waals surface area (Å²) in [5.74, 6) is 0.420. The van der Waals surface area contributed by atoms with Gasteiger partial charge in [0, 0.05) is 38.9 Å². The highest BCUT2D eigenvalue weighted by atomic mass is 35.5. The first-order valence-electron chi connectivity index (χ1n) is 7.67. The van der Waals surface area contributed by atoms with Gasteiger partial charge >= 0.3 is 6.18 Å². The summed E-state index contributed by atoms with van der Waals surface area (Å²) in [4.78, 5) is 8.18. The molecule has 24 heavy (non-hydrogen) atoms. The zero-order valence-corrected chi connectivity index (χ0v) is 13.7. The van der Waals surface area contributed by atoms with E-state index in [1.807, 2.05) is 23.1 Å². The number of aromatic nitrogens is 1. The highest BCUT2D eigenvalue weighted by molar-refractivity contribution is 6.33. The number of rotatable bonds is 3. The van der Waals surface area contributed by atoms with Crippen molar-refractivity contribution >= 4 is 17.4 Å². The molecule has 3 nitrogen and oxygen atoms in total. The van der Waals surface area contributed by atoms with Crippen molar-refractivity contribution in [3.63, 3.8) is 0 Å². The monoisotopic (exact) mass is 355 g/mol. The van der Waals surface area contributed by atoms with Gasteiger partial charge in [-0.3, -0.25) is 4.90 Å². The summed E-state index contributed by atoms with van der Waals surface area (Å²) in [6.07, 6.45) is -3.58. The van der Waals surface area contributed by atoms with Crippen molar-refractivity contribution in [3.05, 3.63) is 58.7 Å². The molecule has 2 heterocycles. The van der Waals surface area contributed by atoms with Gasteiger partial charge in [-0.05, 0) is 11.6 Å². The molecule has 0 unspecified atom stereocenters. The number of anilines is 1. The number of alkyl halides is 3. The van der Waals surface area contributed by atoms with Crippen LogP contribution in [0.5, 0.6) is 0 Å². The molecule has 0 saturated carbocycles. The van der Waals surface area contributed by atoms with Crippen LogP contribution in [0, 0.1) is 0 Å². The first kappa shape index (κ1) is 17.0. The fourth-order valence-corrected chi connectivity index (χ4v) is 3.06. The van der Waals surface area contributed by atoms with Crippen molar-refractivity contribution in [2.45, 2.75) is 12.7 Å². The molecule has 0 spiro atoms. The van der Waals surface area contributed by atoms with Gasteiger partial charge in [-0.2, -0.15) is 13.2 Å². The van der Waals surface area contributed by atoms with Crippen molar-refractivity contribution in [2.24, 2.45) is 0 Å². The second kappa shape index (κ2) is 6.99. The lowest BCUT2D eigenvalue weighted by molar-refractivity contribution is -0.137. The van der Waals surface area contributed by atoms with E-state index in [2.05, 4.69) is 22.0 Å². The third-order valence-corrected chi connectivity index (χ3v) is 4.35. The van der Waals surface area contributed by atoms with Gasteiger partial charge < -0.3 is 4.90 Å². The first-order chi connectivity index (χ1) is 11.4. The number of hydrogen-bond donors (Lipinski definition) is 0. The average Bonchev–Trinajstić information content (AvgIpc) is 2.56. The summed E-state index contributed by atoms with van der Waals surface area (Å²) in [5.41, 5.74) is 0.426. The van der Waals surface area contributed by atoms with Crippen LogP contribution in [0.1, 0.15) is 11.1 Å². The highest BCUT2D eigenvalue weighted by Gasteiger charge is 2.32. The Balaban J connectivity index is 1.62. The second-order valence-corrected chi connectivity index (χ2v) is 6.18. The van der Waals surface area contributed by atoms with Crippen molar-refractivity contribution < 1.29 is 13.2 Å². The Labute approximate surface area is 143 Å². The molecule has 128 valence electrons. The minimum absolute atomic E-state index is 0.0429. The molecule has 1 aliphatic rings. The Kier molecular flexibility index (Phi) is 4.96. The molecule has 7 heteroatoms. The lowest BCUT2D eigenvalue weighted by atomic mass is 10.2. The van der Waals surface area contributed by atoms with Crippen molar-refractivity contribution in [1.82, 2.24) is 9.88 Å². The van der Waals surface area contributed by atoms with Gasteiger partial charge in [0.15, 0.2) is 0 Å². The van der Waals surface area contributed by atoms with E-state index in [1.54, 1.807) is 0 Å². The molecule has 1 aromatic carbocycles. The largest absolute Gasteiger partial charge is 0.417 e. The minimum Gasteiger partial charge on any atom is -0.353 e. The molecule has 0 radical (unpaired) electrons. The maximum absolute atomic E-state index is 12.7. The Morgan fingerprint density at radius 2 is 1.71 bits per heavy atom. The fourth-order valence-electron chi connectivity index (χ4n) is 2.78. The number of benzene rings is 1. The molecule has 0 atom stereocenters. The van der Waals surface area contributed by atoms with Gasteiger partial charge in [-0.1, -0.05) is 41.9 Å². The Hall–Kier alpha value is -1.79. The van der Waals surface area contributed by atoms with Crippen LogP contribution in [0.4, 0.5) is 19.0 Å².